The van der Waals surface area contributed by atoms with Crippen molar-refractivity contribution in [2.75, 3.05) is 20.2 Å². The van der Waals surface area contributed by atoms with Gasteiger partial charge in [-0.3, -0.25) is 4.79 Å². The lowest BCUT2D eigenvalue weighted by Gasteiger charge is -2.32. The average Bonchev–Trinajstić information content (AvgIpc) is 3.28. The third-order valence-corrected chi connectivity index (χ3v) is 8.54. The minimum atomic E-state index is -3.81. The van der Waals surface area contributed by atoms with Crippen LogP contribution in [-0.2, 0) is 10.0 Å². The molecule has 1 amide bonds. The Morgan fingerprint density at radius 3 is 2.47 bits per heavy atom. The number of methoxy groups -OCH3 is 1. The molecule has 2 atom stereocenters. The predicted octanol–water partition coefficient (Wildman–Crippen LogP) is 4.37. The average molecular weight is 461 g/mol. The molecule has 0 aliphatic carbocycles. The number of hydrogen-bond donors (Lipinski definition) is 0. The van der Waals surface area contributed by atoms with Crippen molar-refractivity contribution in [3.05, 3.63) is 59.4 Å². The Morgan fingerprint density at radius 2 is 1.78 bits per heavy atom. The summed E-state index contributed by atoms with van der Waals surface area (Å²) in [6, 6.07) is 10.5. The molecule has 0 aromatic heterocycles. The molecule has 0 unspecified atom stereocenters. The van der Waals surface area contributed by atoms with Gasteiger partial charge in [-0.25, -0.2) is 12.8 Å². The molecule has 2 aliphatic heterocycles. The molecule has 2 saturated heterocycles. The zero-order valence-corrected chi connectivity index (χ0v) is 19.3. The van der Waals surface area contributed by atoms with Gasteiger partial charge in [-0.15, -0.1) is 0 Å². The second kappa shape index (κ2) is 9.19. The number of piperidine rings is 1. The van der Waals surface area contributed by atoms with E-state index in [1.54, 1.807) is 29.2 Å². The summed E-state index contributed by atoms with van der Waals surface area (Å²) in [4.78, 5) is 15.2. The van der Waals surface area contributed by atoms with E-state index in [4.69, 9.17) is 4.74 Å². The molecule has 0 radical (unpaired) electrons. The van der Waals surface area contributed by atoms with Crippen LogP contribution in [0, 0.1) is 5.82 Å². The molecule has 172 valence electrons. The van der Waals surface area contributed by atoms with Gasteiger partial charge in [0.2, 0.25) is 10.0 Å². The van der Waals surface area contributed by atoms with Crippen LogP contribution < -0.4 is 4.74 Å². The monoisotopic (exact) mass is 460 g/mol. The second-order valence-electron chi connectivity index (χ2n) is 8.53. The maximum Gasteiger partial charge on any atom is 0.254 e. The summed E-state index contributed by atoms with van der Waals surface area (Å²) in [6.07, 6.45) is 4.25. The molecule has 2 fully saturated rings. The Hall–Kier alpha value is -2.45. The maximum absolute atomic E-state index is 13.5. The largest absolute Gasteiger partial charge is 0.495 e. The number of carbonyl (C=O) groups excluding carboxylic acids is 1. The fourth-order valence-corrected chi connectivity index (χ4v) is 6.66. The van der Waals surface area contributed by atoms with Gasteiger partial charge in [-0.2, -0.15) is 4.31 Å². The molecule has 4 rings (SSSR count). The van der Waals surface area contributed by atoms with E-state index in [2.05, 4.69) is 0 Å². The first-order chi connectivity index (χ1) is 15.3. The van der Waals surface area contributed by atoms with E-state index in [0.29, 0.717) is 18.7 Å². The summed E-state index contributed by atoms with van der Waals surface area (Å²) in [5, 5.41) is 0. The van der Waals surface area contributed by atoms with Crippen molar-refractivity contribution in [1.29, 1.82) is 0 Å². The fourth-order valence-electron chi connectivity index (χ4n) is 4.77. The summed E-state index contributed by atoms with van der Waals surface area (Å²) in [7, 11) is -2.38. The molecule has 0 bridgehead atoms. The molecule has 2 aliphatic rings. The number of rotatable bonds is 5. The molecular weight excluding hydrogens is 431 g/mol. The third-order valence-electron chi connectivity index (χ3n) is 6.51. The first-order valence-corrected chi connectivity index (χ1v) is 12.5. The summed E-state index contributed by atoms with van der Waals surface area (Å²) in [6.45, 7) is 2.94. The number of sulfonamides is 1. The first-order valence-electron chi connectivity index (χ1n) is 11.1. The quantitative estimate of drug-likeness (QED) is 0.664. The first kappa shape index (κ1) is 22.7. The second-order valence-corrected chi connectivity index (χ2v) is 10.4. The zero-order valence-electron chi connectivity index (χ0n) is 18.5. The molecule has 8 heteroatoms. The number of nitrogens with zero attached hydrogens (tertiary/aromatic N) is 2. The third kappa shape index (κ3) is 4.26. The van der Waals surface area contributed by atoms with Gasteiger partial charge in [0, 0.05) is 24.7 Å². The highest BCUT2D eigenvalue weighted by atomic mass is 32.2. The molecular formula is C24H29FN2O4S. The van der Waals surface area contributed by atoms with Crippen molar-refractivity contribution in [3.63, 3.8) is 0 Å². The van der Waals surface area contributed by atoms with Crippen LogP contribution in [0.25, 0.3) is 0 Å². The molecule has 0 saturated carbocycles. The van der Waals surface area contributed by atoms with Crippen LogP contribution in [0.5, 0.6) is 5.75 Å². The lowest BCUT2D eigenvalue weighted by molar-refractivity contribution is 0.0735. The minimum absolute atomic E-state index is 0.0251. The van der Waals surface area contributed by atoms with Crippen molar-refractivity contribution >= 4 is 15.9 Å². The Kier molecular flexibility index (Phi) is 6.53. The lowest BCUT2D eigenvalue weighted by Crippen LogP contribution is -2.42. The number of halogens is 1. The van der Waals surface area contributed by atoms with Gasteiger partial charge in [0.1, 0.15) is 16.5 Å². The van der Waals surface area contributed by atoms with Crippen LogP contribution >= 0.6 is 0 Å². The number of carbonyl (C=O) groups is 1. The predicted molar refractivity (Wildman–Crippen MR) is 120 cm³/mol. The normalized spacial score (nSPS) is 22.2. The van der Waals surface area contributed by atoms with Crippen molar-refractivity contribution in [3.8, 4) is 5.75 Å². The van der Waals surface area contributed by atoms with Crippen molar-refractivity contribution < 1.29 is 22.3 Å². The molecule has 32 heavy (non-hydrogen) atoms. The van der Waals surface area contributed by atoms with Gasteiger partial charge >= 0.3 is 0 Å². The Morgan fingerprint density at radius 1 is 1.03 bits per heavy atom. The van der Waals surface area contributed by atoms with E-state index in [9.17, 15) is 17.6 Å². The number of ether oxygens (including phenoxy) is 1. The Labute approximate surface area is 189 Å². The molecule has 6 nitrogen and oxygen atoms in total. The van der Waals surface area contributed by atoms with E-state index in [-0.39, 0.29) is 34.5 Å². The van der Waals surface area contributed by atoms with Gasteiger partial charge in [0.25, 0.3) is 5.91 Å². The van der Waals surface area contributed by atoms with Crippen molar-refractivity contribution in [2.45, 2.75) is 56.0 Å². The van der Waals surface area contributed by atoms with Gasteiger partial charge in [-0.1, -0.05) is 18.6 Å². The van der Waals surface area contributed by atoms with Gasteiger partial charge in [0.05, 0.1) is 13.2 Å². The van der Waals surface area contributed by atoms with Crippen LogP contribution in [0.3, 0.4) is 0 Å². The van der Waals surface area contributed by atoms with Crippen LogP contribution in [0.4, 0.5) is 4.39 Å². The van der Waals surface area contributed by atoms with Crippen molar-refractivity contribution in [1.82, 2.24) is 9.21 Å². The summed E-state index contributed by atoms with van der Waals surface area (Å²) >= 11 is 0. The van der Waals surface area contributed by atoms with E-state index in [0.717, 1.165) is 37.7 Å². The van der Waals surface area contributed by atoms with Crippen LogP contribution in [-0.4, -0.2) is 49.8 Å². The molecule has 2 aromatic rings. The van der Waals surface area contributed by atoms with Gasteiger partial charge in [-0.05, 0) is 68.5 Å². The fraction of sp³-hybridized carbons (Fsp3) is 0.458. The number of likely N-dealkylation sites (tertiary alicyclic amines) is 1. The van der Waals surface area contributed by atoms with E-state index < -0.39 is 10.0 Å². The standard InChI is InChI=1S/C24H29FN2O4S/c1-17-6-3-4-15-27(17)32(29,30)23-16-19(10-13-22(23)31-2)24(28)26-14-5-7-21(26)18-8-11-20(25)12-9-18/h8-13,16-17,21H,3-7,14-15H2,1-2H3/t17-,21-/m0/s1. The smallest absolute Gasteiger partial charge is 0.254 e. The highest BCUT2D eigenvalue weighted by molar-refractivity contribution is 7.89. The van der Waals surface area contributed by atoms with E-state index in [1.165, 1.54) is 29.6 Å². The lowest BCUT2D eigenvalue weighted by atomic mass is 10.0. The van der Waals surface area contributed by atoms with Crippen molar-refractivity contribution in [2.24, 2.45) is 0 Å². The van der Waals surface area contributed by atoms with Crippen LogP contribution in [0.1, 0.15) is 61.0 Å². The topological polar surface area (TPSA) is 66.9 Å². The molecule has 2 aromatic carbocycles. The number of hydrogen-bond acceptors (Lipinski definition) is 4. The Balaban J connectivity index is 1.67. The molecule has 2 heterocycles. The van der Waals surface area contributed by atoms with E-state index >= 15 is 0 Å². The van der Waals surface area contributed by atoms with Gasteiger partial charge in [0.15, 0.2) is 0 Å². The Bertz CT molecular complexity index is 1090. The highest BCUT2D eigenvalue weighted by Gasteiger charge is 2.35. The van der Waals surface area contributed by atoms with Gasteiger partial charge < -0.3 is 9.64 Å². The van der Waals surface area contributed by atoms with Crippen LogP contribution in [0.15, 0.2) is 47.4 Å². The summed E-state index contributed by atoms with van der Waals surface area (Å²) in [5.41, 5.74) is 1.18. The SMILES string of the molecule is COc1ccc(C(=O)N2CCC[C@H]2c2ccc(F)cc2)cc1S(=O)(=O)N1CCCC[C@@H]1C. The highest BCUT2D eigenvalue weighted by Crippen LogP contribution is 2.35. The molecule has 0 N–H and O–H groups in total. The maximum atomic E-state index is 13.5. The summed E-state index contributed by atoms with van der Waals surface area (Å²) in [5.74, 6) is -0.319. The minimum Gasteiger partial charge on any atom is -0.495 e. The number of benzene rings is 2. The van der Waals surface area contributed by atoms with Crippen LogP contribution in [0.2, 0.25) is 0 Å². The number of amides is 1. The summed E-state index contributed by atoms with van der Waals surface area (Å²) < 4.78 is 47.2. The zero-order chi connectivity index (χ0) is 22.9. The van der Waals surface area contributed by atoms with E-state index in [1.807, 2.05) is 6.92 Å². The molecule has 0 spiro atoms.